The third-order valence-electron chi connectivity index (χ3n) is 2.61. The first-order chi connectivity index (χ1) is 7.59. The van der Waals surface area contributed by atoms with Gasteiger partial charge >= 0.3 is 0 Å². The van der Waals surface area contributed by atoms with E-state index in [1.165, 1.54) is 5.69 Å². The summed E-state index contributed by atoms with van der Waals surface area (Å²) in [6.45, 7) is 6.49. The number of aryl methyl sites for hydroxylation is 1. The highest BCUT2D eigenvalue weighted by Gasteiger charge is 2.15. The Bertz CT molecular complexity index is 474. The number of aromatic nitrogens is 2. The van der Waals surface area contributed by atoms with Crippen LogP contribution in [0.25, 0.3) is 4.96 Å². The van der Waals surface area contributed by atoms with E-state index in [0.29, 0.717) is 6.54 Å². The van der Waals surface area contributed by atoms with Crippen LogP contribution in [0.1, 0.15) is 31.3 Å². The summed E-state index contributed by atoms with van der Waals surface area (Å²) in [7, 11) is 0. The van der Waals surface area contributed by atoms with Crippen molar-refractivity contribution < 1.29 is 5.11 Å². The average molecular weight is 239 g/mol. The van der Waals surface area contributed by atoms with Gasteiger partial charge in [0.15, 0.2) is 4.96 Å². The molecule has 0 aromatic carbocycles. The molecule has 0 fully saturated rings. The Balaban J connectivity index is 2.24. The number of nitrogens with one attached hydrogen (secondary N) is 1. The van der Waals surface area contributed by atoms with Crippen LogP contribution < -0.4 is 5.32 Å². The van der Waals surface area contributed by atoms with Crippen LogP contribution in [-0.2, 0) is 0 Å². The van der Waals surface area contributed by atoms with E-state index in [0.717, 1.165) is 10.7 Å². The molecule has 2 aromatic heterocycles. The number of nitrogens with zero attached hydrogens (tertiary/aromatic N) is 2. The summed E-state index contributed by atoms with van der Waals surface area (Å²) in [5.41, 5.74) is 2.23. The summed E-state index contributed by atoms with van der Waals surface area (Å²) in [5, 5.41) is 14.6. The van der Waals surface area contributed by atoms with Crippen molar-refractivity contribution in [1.82, 2.24) is 14.7 Å². The molecule has 2 aromatic rings. The lowest BCUT2D eigenvalue weighted by Gasteiger charge is -2.15. The molecular formula is C11H17N3OS. The fourth-order valence-corrected chi connectivity index (χ4v) is 2.64. The Labute approximate surface area is 98.9 Å². The molecule has 0 spiro atoms. The zero-order valence-electron chi connectivity index (χ0n) is 9.77. The lowest BCUT2D eigenvalue weighted by Crippen LogP contribution is -2.28. The van der Waals surface area contributed by atoms with E-state index in [4.69, 9.17) is 0 Å². The SMILES string of the molecule is Cc1nc2sccn2c1C(C)NC[C@@H](C)O. The van der Waals surface area contributed by atoms with Crippen LogP contribution in [0.15, 0.2) is 11.6 Å². The van der Waals surface area contributed by atoms with Crippen LogP contribution in [0.4, 0.5) is 0 Å². The Kier molecular flexibility index (Phi) is 3.28. The van der Waals surface area contributed by atoms with E-state index in [1.807, 2.05) is 18.5 Å². The first kappa shape index (κ1) is 11.6. The Morgan fingerprint density at radius 3 is 3.00 bits per heavy atom. The van der Waals surface area contributed by atoms with Gasteiger partial charge in [0, 0.05) is 24.2 Å². The number of fused-ring (bicyclic) bond motifs is 1. The van der Waals surface area contributed by atoms with E-state index >= 15 is 0 Å². The number of hydrogen-bond acceptors (Lipinski definition) is 4. The third-order valence-corrected chi connectivity index (χ3v) is 3.37. The van der Waals surface area contributed by atoms with Gasteiger partial charge in [0.1, 0.15) is 0 Å². The number of thiazole rings is 1. The summed E-state index contributed by atoms with van der Waals surface area (Å²) >= 11 is 1.64. The molecule has 0 aliphatic rings. The number of imidazole rings is 1. The van der Waals surface area contributed by atoms with Crippen molar-refractivity contribution in [3.05, 3.63) is 23.0 Å². The van der Waals surface area contributed by atoms with E-state index in [9.17, 15) is 5.11 Å². The summed E-state index contributed by atoms with van der Waals surface area (Å²) in [6, 6.07) is 0.194. The molecule has 2 N–H and O–H groups in total. The highest BCUT2D eigenvalue weighted by atomic mass is 32.1. The second-order valence-corrected chi connectivity index (χ2v) is 4.99. The number of rotatable bonds is 4. The smallest absolute Gasteiger partial charge is 0.194 e. The highest BCUT2D eigenvalue weighted by Crippen LogP contribution is 2.22. The molecular weight excluding hydrogens is 222 g/mol. The van der Waals surface area contributed by atoms with Gasteiger partial charge in [-0.25, -0.2) is 4.98 Å². The highest BCUT2D eigenvalue weighted by molar-refractivity contribution is 7.15. The monoisotopic (exact) mass is 239 g/mol. The van der Waals surface area contributed by atoms with Gasteiger partial charge in [-0.2, -0.15) is 0 Å². The van der Waals surface area contributed by atoms with Gasteiger partial charge < -0.3 is 10.4 Å². The molecule has 0 saturated carbocycles. The van der Waals surface area contributed by atoms with E-state index in [2.05, 4.69) is 21.6 Å². The van der Waals surface area contributed by atoms with E-state index < -0.39 is 0 Å². The second-order valence-electron chi connectivity index (χ2n) is 4.12. The average Bonchev–Trinajstić information content (AvgIpc) is 2.73. The molecule has 0 saturated heterocycles. The first-order valence-corrected chi connectivity index (χ1v) is 6.31. The molecule has 4 nitrogen and oxygen atoms in total. The van der Waals surface area contributed by atoms with Crippen molar-refractivity contribution in [1.29, 1.82) is 0 Å². The molecule has 2 heterocycles. The minimum atomic E-state index is -0.325. The van der Waals surface area contributed by atoms with Gasteiger partial charge in [0.2, 0.25) is 0 Å². The molecule has 1 unspecified atom stereocenters. The first-order valence-electron chi connectivity index (χ1n) is 5.43. The molecule has 5 heteroatoms. The summed E-state index contributed by atoms with van der Waals surface area (Å²) in [6.07, 6.45) is 1.71. The summed E-state index contributed by atoms with van der Waals surface area (Å²) in [5.74, 6) is 0. The van der Waals surface area contributed by atoms with Crippen molar-refractivity contribution in [3.8, 4) is 0 Å². The molecule has 2 atom stereocenters. The van der Waals surface area contributed by atoms with Gasteiger partial charge in [-0.1, -0.05) is 0 Å². The molecule has 0 aliphatic carbocycles. The zero-order chi connectivity index (χ0) is 11.7. The quantitative estimate of drug-likeness (QED) is 0.854. The number of aliphatic hydroxyl groups excluding tert-OH is 1. The van der Waals surface area contributed by atoms with Gasteiger partial charge in [0.25, 0.3) is 0 Å². The van der Waals surface area contributed by atoms with Crippen molar-refractivity contribution in [2.45, 2.75) is 32.9 Å². The van der Waals surface area contributed by atoms with E-state index in [-0.39, 0.29) is 12.1 Å². The summed E-state index contributed by atoms with van der Waals surface area (Å²) in [4.78, 5) is 5.53. The predicted octanol–water partition coefficient (Wildman–Crippen LogP) is 1.74. The summed E-state index contributed by atoms with van der Waals surface area (Å²) < 4.78 is 2.11. The molecule has 0 aliphatic heterocycles. The van der Waals surface area contributed by atoms with Gasteiger partial charge in [-0.05, 0) is 20.8 Å². The van der Waals surface area contributed by atoms with Crippen LogP contribution in [-0.4, -0.2) is 27.1 Å². The van der Waals surface area contributed by atoms with Crippen molar-refractivity contribution in [2.75, 3.05) is 6.54 Å². The van der Waals surface area contributed by atoms with Gasteiger partial charge in [0.05, 0.1) is 17.5 Å². The number of hydrogen-bond donors (Lipinski definition) is 2. The topological polar surface area (TPSA) is 49.6 Å². The van der Waals surface area contributed by atoms with Crippen LogP contribution >= 0.6 is 11.3 Å². The maximum atomic E-state index is 9.26. The Hall–Kier alpha value is -0.910. The zero-order valence-corrected chi connectivity index (χ0v) is 10.6. The van der Waals surface area contributed by atoms with Crippen LogP contribution in [0.3, 0.4) is 0 Å². The normalized spacial score (nSPS) is 15.5. The lowest BCUT2D eigenvalue weighted by atomic mass is 10.2. The lowest BCUT2D eigenvalue weighted by molar-refractivity contribution is 0.187. The second kappa shape index (κ2) is 4.53. The van der Waals surface area contributed by atoms with Crippen molar-refractivity contribution in [2.24, 2.45) is 0 Å². The number of aliphatic hydroxyl groups is 1. The van der Waals surface area contributed by atoms with Crippen LogP contribution in [0, 0.1) is 6.92 Å². The standard InChI is InChI=1S/C11H17N3OS/c1-7(15)6-12-8(2)10-9(3)13-11-14(10)4-5-16-11/h4-5,7-8,12,15H,6H2,1-3H3/t7-,8?/m1/s1. The fourth-order valence-electron chi connectivity index (χ4n) is 1.88. The predicted molar refractivity (Wildman–Crippen MR) is 65.9 cm³/mol. The maximum absolute atomic E-state index is 9.26. The van der Waals surface area contributed by atoms with Gasteiger partial charge in [-0.3, -0.25) is 4.40 Å². The molecule has 16 heavy (non-hydrogen) atoms. The van der Waals surface area contributed by atoms with Crippen molar-refractivity contribution >= 4 is 16.3 Å². The molecule has 2 rings (SSSR count). The molecule has 0 radical (unpaired) electrons. The maximum Gasteiger partial charge on any atom is 0.194 e. The van der Waals surface area contributed by atoms with Crippen molar-refractivity contribution in [3.63, 3.8) is 0 Å². The molecule has 88 valence electrons. The van der Waals surface area contributed by atoms with Gasteiger partial charge in [-0.15, -0.1) is 11.3 Å². The van der Waals surface area contributed by atoms with Crippen LogP contribution in [0.2, 0.25) is 0 Å². The fraction of sp³-hybridized carbons (Fsp3) is 0.545. The minimum absolute atomic E-state index is 0.194. The third kappa shape index (κ3) is 2.11. The minimum Gasteiger partial charge on any atom is -0.392 e. The Morgan fingerprint density at radius 2 is 2.31 bits per heavy atom. The molecule has 0 bridgehead atoms. The molecule has 0 amide bonds. The Morgan fingerprint density at radius 1 is 1.56 bits per heavy atom. The largest absolute Gasteiger partial charge is 0.392 e. The van der Waals surface area contributed by atoms with E-state index in [1.54, 1.807) is 18.3 Å². The van der Waals surface area contributed by atoms with Crippen LogP contribution in [0.5, 0.6) is 0 Å².